The topological polar surface area (TPSA) is 67.9 Å². The molecule has 6 heteroatoms. The van der Waals surface area contributed by atoms with Crippen LogP contribution >= 0.6 is 0 Å². The molecule has 1 fully saturated rings. The van der Waals surface area contributed by atoms with Crippen molar-refractivity contribution in [3.8, 4) is 11.5 Å². The van der Waals surface area contributed by atoms with Crippen molar-refractivity contribution in [3.63, 3.8) is 0 Å². The molecule has 23 heavy (non-hydrogen) atoms. The van der Waals surface area contributed by atoms with E-state index in [1.807, 2.05) is 18.2 Å². The van der Waals surface area contributed by atoms with Crippen LogP contribution in [0.4, 0.5) is 0 Å². The molecule has 2 rings (SSSR count). The number of carbonyl (C=O) groups is 2. The maximum Gasteiger partial charge on any atom is 0.245 e. The van der Waals surface area contributed by atoms with Crippen molar-refractivity contribution >= 4 is 11.8 Å². The van der Waals surface area contributed by atoms with Crippen LogP contribution in [0.15, 0.2) is 18.2 Å². The lowest BCUT2D eigenvalue weighted by Crippen LogP contribution is -2.63. The summed E-state index contributed by atoms with van der Waals surface area (Å²) in [6.07, 6.45) is 0.944. The average molecular weight is 320 g/mol. The quantitative estimate of drug-likeness (QED) is 0.890. The number of nitrogens with one attached hydrogen (secondary N) is 1. The lowest BCUT2D eigenvalue weighted by molar-refractivity contribution is -0.149. The van der Waals surface area contributed by atoms with Crippen molar-refractivity contribution in [1.82, 2.24) is 10.2 Å². The van der Waals surface area contributed by atoms with E-state index in [9.17, 15) is 9.59 Å². The Morgan fingerprint density at radius 2 is 1.96 bits per heavy atom. The van der Waals surface area contributed by atoms with E-state index < -0.39 is 5.54 Å². The van der Waals surface area contributed by atoms with Gasteiger partial charge in [0.1, 0.15) is 5.54 Å². The molecule has 6 nitrogen and oxygen atoms in total. The number of piperazine rings is 1. The first-order chi connectivity index (χ1) is 10.9. The Balaban J connectivity index is 2.03. The highest BCUT2D eigenvalue weighted by Crippen LogP contribution is 2.28. The summed E-state index contributed by atoms with van der Waals surface area (Å²) in [6, 6.07) is 5.62. The Morgan fingerprint density at radius 3 is 2.61 bits per heavy atom. The molecule has 0 saturated carbocycles. The first-order valence-corrected chi connectivity index (χ1v) is 7.70. The fraction of sp³-hybridized carbons (Fsp3) is 0.529. The van der Waals surface area contributed by atoms with Gasteiger partial charge >= 0.3 is 0 Å². The van der Waals surface area contributed by atoms with Gasteiger partial charge in [-0.1, -0.05) is 6.07 Å². The maximum absolute atomic E-state index is 12.5. The molecule has 1 saturated heterocycles. The van der Waals surface area contributed by atoms with Gasteiger partial charge in [-0.3, -0.25) is 9.59 Å². The number of amides is 2. The lowest BCUT2D eigenvalue weighted by atomic mass is 9.97. The van der Waals surface area contributed by atoms with Gasteiger partial charge in [0, 0.05) is 19.5 Å². The molecule has 1 N–H and O–H groups in total. The maximum atomic E-state index is 12.5. The Hall–Kier alpha value is -2.24. The number of benzene rings is 1. The van der Waals surface area contributed by atoms with Crippen molar-refractivity contribution in [2.75, 3.05) is 27.3 Å². The molecule has 0 aliphatic carbocycles. The summed E-state index contributed by atoms with van der Waals surface area (Å²) in [5.41, 5.74) is 0.197. The van der Waals surface area contributed by atoms with Gasteiger partial charge in [-0.15, -0.1) is 0 Å². The standard InChI is InChI=1S/C17H24N2O4/c1-17(2)16(21)18-9-10-19(17)15(20)8-6-12-5-7-13(22-3)14(11-12)23-4/h5,7,11H,6,8-10H2,1-4H3,(H,18,21). The van der Waals surface area contributed by atoms with Crippen molar-refractivity contribution in [3.05, 3.63) is 23.8 Å². The summed E-state index contributed by atoms with van der Waals surface area (Å²) < 4.78 is 10.5. The minimum Gasteiger partial charge on any atom is -0.493 e. The van der Waals surface area contributed by atoms with Gasteiger partial charge in [0.2, 0.25) is 11.8 Å². The Bertz CT molecular complexity index is 598. The summed E-state index contributed by atoms with van der Waals surface area (Å²) >= 11 is 0. The van der Waals surface area contributed by atoms with Gasteiger partial charge < -0.3 is 19.7 Å². The first-order valence-electron chi connectivity index (χ1n) is 7.70. The molecule has 1 heterocycles. The number of methoxy groups -OCH3 is 2. The average Bonchev–Trinajstić information content (AvgIpc) is 2.54. The van der Waals surface area contributed by atoms with E-state index in [0.29, 0.717) is 37.4 Å². The van der Waals surface area contributed by atoms with Gasteiger partial charge in [0.15, 0.2) is 11.5 Å². The van der Waals surface area contributed by atoms with E-state index in [4.69, 9.17) is 9.47 Å². The van der Waals surface area contributed by atoms with E-state index in [-0.39, 0.29) is 11.8 Å². The fourth-order valence-electron chi connectivity index (χ4n) is 2.76. The highest BCUT2D eigenvalue weighted by Gasteiger charge is 2.39. The zero-order chi connectivity index (χ0) is 17.0. The third-order valence-corrected chi connectivity index (χ3v) is 4.23. The monoisotopic (exact) mass is 320 g/mol. The number of nitrogens with zero attached hydrogens (tertiary/aromatic N) is 1. The molecule has 0 radical (unpaired) electrons. The van der Waals surface area contributed by atoms with Crippen molar-refractivity contribution in [1.29, 1.82) is 0 Å². The molecule has 0 atom stereocenters. The predicted molar refractivity (Wildman–Crippen MR) is 86.7 cm³/mol. The zero-order valence-electron chi connectivity index (χ0n) is 14.1. The number of ether oxygens (including phenoxy) is 2. The number of carbonyl (C=O) groups excluding carboxylic acids is 2. The smallest absolute Gasteiger partial charge is 0.245 e. The number of rotatable bonds is 5. The largest absolute Gasteiger partial charge is 0.493 e. The number of hydrogen-bond acceptors (Lipinski definition) is 4. The van der Waals surface area contributed by atoms with Crippen LogP contribution in [0.25, 0.3) is 0 Å². The van der Waals surface area contributed by atoms with Gasteiger partial charge in [-0.2, -0.15) is 0 Å². The molecule has 0 aromatic heterocycles. The van der Waals surface area contributed by atoms with Crippen LogP contribution in [0.5, 0.6) is 11.5 Å². The van der Waals surface area contributed by atoms with E-state index in [2.05, 4.69) is 5.32 Å². The van der Waals surface area contributed by atoms with Crippen molar-refractivity contribution < 1.29 is 19.1 Å². The SMILES string of the molecule is COc1ccc(CCC(=O)N2CCNC(=O)C2(C)C)cc1OC. The van der Waals surface area contributed by atoms with Crippen LogP contribution in [-0.4, -0.2) is 49.6 Å². The number of hydrogen-bond donors (Lipinski definition) is 1. The number of aryl methyl sites for hydroxylation is 1. The fourth-order valence-corrected chi connectivity index (χ4v) is 2.76. The van der Waals surface area contributed by atoms with E-state index >= 15 is 0 Å². The lowest BCUT2D eigenvalue weighted by Gasteiger charge is -2.41. The summed E-state index contributed by atoms with van der Waals surface area (Å²) in [5.74, 6) is 1.19. The van der Waals surface area contributed by atoms with E-state index in [1.54, 1.807) is 33.0 Å². The van der Waals surface area contributed by atoms with E-state index in [0.717, 1.165) is 5.56 Å². The molecule has 0 spiro atoms. The second-order valence-electron chi connectivity index (χ2n) is 6.05. The molecule has 2 amide bonds. The highest BCUT2D eigenvalue weighted by molar-refractivity contribution is 5.91. The third-order valence-electron chi connectivity index (χ3n) is 4.23. The van der Waals surface area contributed by atoms with Gasteiger partial charge in [-0.05, 0) is 38.0 Å². The summed E-state index contributed by atoms with van der Waals surface area (Å²) in [6.45, 7) is 4.60. The van der Waals surface area contributed by atoms with Gasteiger partial charge in [0.25, 0.3) is 0 Å². The molecule has 1 aliphatic heterocycles. The molecule has 0 bridgehead atoms. The predicted octanol–water partition coefficient (Wildman–Crippen LogP) is 1.37. The molecular formula is C17H24N2O4. The normalized spacial score (nSPS) is 16.7. The van der Waals surface area contributed by atoms with Crippen LogP contribution in [0, 0.1) is 0 Å². The molecule has 126 valence electrons. The molecular weight excluding hydrogens is 296 g/mol. The molecule has 1 aromatic carbocycles. The minimum absolute atomic E-state index is 0.0142. The highest BCUT2D eigenvalue weighted by atomic mass is 16.5. The Morgan fingerprint density at radius 1 is 1.26 bits per heavy atom. The van der Waals surface area contributed by atoms with Gasteiger partial charge in [-0.25, -0.2) is 0 Å². The third kappa shape index (κ3) is 3.57. The van der Waals surface area contributed by atoms with E-state index in [1.165, 1.54) is 0 Å². The minimum atomic E-state index is -0.799. The summed E-state index contributed by atoms with van der Waals surface area (Å²) in [4.78, 5) is 26.1. The summed E-state index contributed by atoms with van der Waals surface area (Å²) in [5, 5.41) is 2.80. The van der Waals surface area contributed by atoms with Crippen LogP contribution in [0.2, 0.25) is 0 Å². The summed E-state index contributed by atoms with van der Waals surface area (Å²) in [7, 11) is 3.17. The van der Waals surface area contributed by atoms with Gasteiger partial charge in [0.05, 0.1) is 14.2 Å². The Labute approximate surface area is 136 Å². The molecule has 0 unspecified atom stereocenters. The van der Waals surface area contributed by atoms with Crippen molar-refractivity contribution in [2.24, 2.45) is 0 Å². The van der Waals surface area contributed by atoms with Crippen LogP contribution in [0.3, 0.4) is 0 Å². The van der Waals surface area contributed by atoms with Crippen LogP contribution < -0.4 is 14.8 Å². The second kappa shape index (κ2) is 6.89. The van der Waals surface area contributed by atoms with Crippen LogP contribution in [0.1, 0.15) is 25.8 Å². The second-order valence-corrected chi connectivity index (χ2v) is 6.05. The van der Waals surface area contributed by atoms with Crippen molar-refractivity contribution in [2.45, 2.75) is 32.2 Å². The zero-order valence-corrected chi connectivity index (χ0v) is 14.1. The van der Waals surface area contributed by atoms with Crippen LogP contribution in [-0.2, 0) is 16.0 Å². The first kappa shape index (κ1) is 17.1. The Kier molecular flexibility index (Phi) is 5.13. The molecule has 1 aliphatic rings. The molecule has 1 aromatic rings.